The van der Waals surface area contributed by atoms with Crippen LogP contribution >= 0.6 is 0 Å². The average Bonchev–Trinajstić information content (AvgIpc) is 2.53. The van der Waals surface area contributed by atoms with E-state index < -0.39 is 0 Å². The predicted octanol–water partition coefficient (Wildman–Crippen LogP) is 2.41. The first-order chi connectivity index (χ1) is 9.67. The Bertz CT molecular complexity index is 455. The molecule has 1 aliphatic rings. The standard InChI is InChI=1S/C15H24N4O/c1-3-11-4-6-12(7-5-11)19(2)15(20)13-10-17-9-8-14(13)18-16/h8-12H,3-7,16H2,1-2H3,(H,17,18). The van der Waals surface area contributed by atoms with Crippen molar-refractivity contribution in [1.29, 1.82) is 0 Å². The summed E-state index contributed by atoms with van der Waals surface area (Å²) in [5.41, 5.74) is 3.72. The van der Waals surface area contributed by atoms with Crippen molar-refractivity contribution in [1.82, 2.24) is 9.88 Å². The molecule has 2 rings (SSSR count). The molecule has 20 heavy (non-hydrogen) atoms. The smallest absolute Gasteiger partial charge is 0.257 e. The Kier molecular flexibility index (Phi) is 4.95. The molecular formula is C15H24N4O. The number of nitrogens with two attached hydrogens (primary N) is 1. The van der Waals surface area contributed by atoms with Gasteiger partial charge in [-0.05, 0) is 37.7 Å². The molecule has 5 heteroatoms. The number of amides is 1. The molecule has 0 radical (unpaired) electrons. The number of nitrogens with one attached hydrogen (secondary N) is 1. The SMILES string of the molecule is CCC1CCC(N(C)C(=O)c2cnccc2NN)CC1. The van der Waals surface area contributed by atoms with Gasteiger partial charge in [0.05, 0.1) is 11.3 Å². The zero-order chi connectivity index (χ0) is 14.5. The highest BCUT2D eigenvalue weighted by Crippen LogP contribution is 2.30. The number of carbonyl (C=O) groups is 1. The molecule has 1 saturated carbocycles. The van der Waals surface area contributed by atoms with Crippen LogP contribution in [-0.4, -0.2) is 28.9 Å². The number of hydrogen-bond donors (Lipinski definition) is 2. The molecule has 0 saturated heterocycles. The highest BCUT2D eigenvalue weighted by molar-refractivity contribution is 5.99. The topological polar surface area (TPSA) is 71.2 Å². The maximum atomic E-state index is 12.6. The van der Waals surface area contributed by atoms with Gasteiger partial charge in [0.15, 0.2) is 0 Å². The maximum absolute atomic E-state index is 12.6. The molecule has 110 valence electrons. The minimum atomic E-state index is -0.00833. The third-order valence-corrected chi connectivity index (χ3v) is 4.47. The van der Waals surface area contributed by atoms with Crippen molar-refractivity contribution < 1.29 is 4.79 Å². The molecule has 1 fully saturated rings. The monoisotopic (exact) mass is 276 g/mol. The summed E-state index contributed by atoms with van der Waals surface area (Å²) in [5, 5.41) is 0. The van der Waals surface area contributed by atoms with Gasteiger partial charge >= 0.3 is 0 Å². The predicted molar refractivity (Wildman–Crippen MR) is 80.2 cm³/mol. The van der Waals surface area contributed by atoms with Gasteiger partial charge < -0.3 is 10.3 Å². The van der Waals surface area contributed by atoms with E-state index in [2.05, 4.69) is 17.3 Å². The van der Waals surface area contributed by atoms with Crippen molar-refractivity contribution in [3.8, 4) is 0 Å². The van der Waals surface area contributed by atoms with Gasteiger partial charge in [0.25, 0.3) is 5.91 Å². The highest BCUT2D eigenvalue weighted by atomic mass is 16.2. The normalized spacial score (nSPS) is 22.4. The molecule has 1 aromatic heterocycles. The van der Waals surface area contributed by atoms with E-state index in [-0.39, 0.29) is 5.91 Å². The van der Waals surface area contributed by atoms with Crippen LogP contribution in [-0.2, 0) is 0 Å². The lowest BCUT2D eigenvalue weighted by Crippen LogP contribution is -2.39. The quantitative estimate of drug-likeness (QED) is 0.654. The summed E-state index contributed by atoms with van der Waals surface area (Å²) < 4.78 is 0. The summed E-state index contributed by atoms with van der Waals surface area (Å²) in [6, 6.07) is 2.05. The summed E-state index contributed by atoms with van der Waals surface area (Å²) in [7, 11) is 1.88. The van der Waals surface area contributed by atoms with Crippen LogP contribution in [0.2, 0.25) is 0 Å². The van der Waals surface area contributed by atoms with E-state index in [1.807, 2.05) is 11.9 Å². The van der Waals surface area contributed by atoms with Crippen LogP contribution in [0.5, 0.6) is 0 Å². The zero-order valence-electron chi connectivity index (χ0n) is 12.3. The van der Waals surface area contributed by atoms with E-state index in [1.165, 1.54) is 19.3 Å². The average molecular weight is 276 g/mol. The second-order valence-electron chi connectivity index (χ2n) is 5.56. The lowest BCUT2D eigenvalue weighted by Gasteiger charge is -2.34. The first-order valence-electron chi connectivity index (χ1n) is 7.35. The second kappa shape index (κ2) is 6.70. The number of rotatable bonds is 4. The molecule has 0 spiro atoms. The Morgan fingerprint density at radius 2 is 2.15 bits per heavy atom. The van der Waals surface area contributed by atoms with E-state index >= 15 is 0 Å². The van der Waals surface area contributed by atoms with Gasteiger partial charge in [-0.2, -0.15) is 0 Å². The van der Waals surface area contributed by atoms with Crippen molar-refractivity contribution in [2.45, 2.75) is 45.1 Å². The van der Waals surface area contributed by atoms with Crippen LogP contribution in [0, 0.1) is 5.92 Å². The number of hydrogen-bond acceptors (Lipinski definition) is 4. The number of anilines is 1. The minimum Gasteiger partial charge on any atom is -0.339 e. The fourth-order valence-electron chi connectivity index (χ4n) is 2.99. The van der Waals surface area contributed by atoms with E-state index in [0.29, 0.717) is 17.3 Å². The Balaban J connectivity index is 2.05. The van der Waals surface area contributed by atoms with Crippen LogP contribution < -0.4 is 11.3 Å². The number of hydrazine groups is 1. The Hall–Kier alpha value is -1.62. The molecule has 5 nitrogen and oxygen atoms in total. The number of nitrogen functional groups attached to an aromatic ring is 1. The summed E-state index contributed by atoms with van der Waals surface area (Å²) in [5.74, 6) is 6.27. The molecule has 1 amide bonds. The molecule has 0 aliphatic heterocycles. The first kappa shape index (κ1) is 14.8. The summed E-state index contributed by atoms with van der Waals surface area (Å²) in [6.07, 6.45) is 9.05. The summed E-state index contributed by atoms with van der Waals surface area (Å²) in [6.45, 7) is 2.24. The number of aromatic nitrogens is 1. The molecule has 0 aromatic carbocycles. The van der Waals surface area contributed by atoms with Gasteiger partial charge in [0.2, 0.25) is 0 Å². The van der Waals surface area contributed by atoms with E-state index in [9.17, 15) is 4.79 Å². The van der Waals surface area contributed by atoms with Crippen LogP contribution in [0.3, 0.4) is 0 Å². The first-order valence-corrected chi connectivity index (χ1v) is 7.35. The van der Waals surface area contributed by atoms with Gasteiger partial charge in [-0.25, -0.2) is 0 Å². The molecule has 3 N–H and O–H groups in total. The highest BCUT2D eigenvalue weighted by Gasteiger charge is 2.27. The summed E-state index contributed by atoms with van der Waals surface area (Å²) in [4.78, 5) is 18.4. The third kappa shape index (κ3) is 3.10. The second-order valence-corrected chi connectivity index (χ2v) is 5.56. The van der Waals surface area contributed by atoms with Gasteiger partial charge in [-0.1, -0.05) is 13.3 Å². The van der Waals surface area contributed by atoms with E-state index in [4.69, 9.17) is 5.84 Å². The van der Waals surface area contributed by atoms with Crippen LogP contribution in [0.15, 0.2) is 18.5 Å². The Morgan fingerprint density at radius 3 is 2.75 bits per heavy atom. The molecule has 1 heterocycles. The largest absolute Gasteiger partial charge is 0.339 e. The maximum Gasteiger partial charge on any atom is 0.257 e. The lowest BCUT2D eigenvalue weighted by atomic mass is 9.84. The minimum absolute atomic E-state index is 0.00833. The number of pyridine rings is 1. The van der Waals surface area contributed by atoms with Crippen LogP contribution in [0.4, 0.5) is 5.69 Å². The van der Waals surface area contributed by atoms with E-state index in [0.717, 1.165) is 18.8 Å². The number of nitrogens with zero attached hydrogens (tertiary/aromatic N) is 2. The van der Waals surface area contributed by atoms with Crippen molar-refractivity contribution in [3.63, 3.8) is 0 Å². The van der Waals surface area contributed by atoms with Crippen molar-refractivity contribution in [2.24, 2.45) is 11.8 Å². The van der Waals surface area contributed by atoms with Crippen molar-refractivity contribution >= 4 is 11.6 Å². The fourth-order valence-corrected chi connectivity index (χ4v) is 2.99. The molecule has 0 unspecified atom stereocenters. The van der Waals surface area contributed by atoms with Crippen LogP contribution in [0.25, 0.3) is 0 Å². The zero-order valence-corrected chi connectivity index (χ0v) is 12.3. The van der Waals surface area contributed by atoms with E-state index in [1.54, 1.807) is 18.5 Å². The summed E-state index contributed by atoms with van der Waals surface area (Å²) >= 11 is 0. The Labute approximate surface area is 120 Å². The van der Waals surface area contributed by atoms with Gasteiger partial charge in [0, 0.05) is 25.5 Å². The number of carbonyl (C=O) groups excluding carboxylic acids is 1. The molecule has 0 bridgehead atoms. The molecule has 0 atom stereocenters. The van der Waals surface area contributed by atoms with Crippen LogP contribution in [0.1, 0.15) is 49.4 Å². The van der Waals surface area contributed by atoms with Gasteiger partial charge in [0.1, 0.15) is 0 Å². The molecule has 1 aromatic rings. The van der Waals surface area contributed by atoms with Crippen molar-refractivity contribution in [2.75, 3.05) is 12.5 Å². The lowest BCUT2D eigenvalue weighted by molar-refractivity contribution is 0.0675. The molecule has 1 aliphatic carbocycles. The third-order valence-electron chi connectivity index (χ3n) is 4.47. The van der Waals surface area contributed by atoms with Gasteiger partial charge in [-0.15, -0.1) is 0 Å². The van der Waals surface area contributed by atoms with Gasteiger partial charge in [-0.3, -0.25) is 15.6 Å². The molecular weight excluding hydrogens is 252 g/mol. The van der Waals surface area contributed by atoms with Crippen molar-refractivity contribution in [3.05, 3.63) is 24.0 Å². The fraction of sp³-hybridized carbons (Fsp3) is 0.600. The Morgan fingerprint density at radius 1 is 1.45 bits per heavy atom.